The summed E-state index contributed by atoms with van der Waals surface area (Å²) in [5.41, 5.74) is 2.67. The van der Waals surface area contributed by atoms with Gasteiger partial charge in [0.05, 0.1) is 5.56 Å². The van der Waals surface area contributed by atoms with Gasteiger partial charge in [0, 0.05) is 48.2 Å². The number of nitrogens with zero attached hydrogens (tertiary/aromatic N) is 1. The molecular weight excluding hydrogens is 471 g/mol. The molecule has 0 bridgehead atoms. The van der Waals surface area contributed by atoms with E-state index in [1.807, 2.05) is 24.3 Å². The Bertz CT molecular complexity index is 1220. The fraction of sp³-hybridized carbons (Fsp3) is 0.292. The predicted octanol–water partition coefficient (Wildman–Crippen LogP) is 6.44. The van der Waals surface area contributed by atoms with Gasteiger partial charge in [-0.2, -0.15) is 0 Å². The second kappa shape index (κ2) is 9.51. The number of rotatable bonds is 6. The lowest BCUT2D eigenvalue weighted by Crippen LogP contribution is -2.26. The lowest BCUT2D eigenvalue weighted by Gasteiger charge is -2.26. The molecule has 1 N–H and O–H groups in total. The molecule has 162 valence electrons. The maximum absolute atomic E-state index is 13.4. The monoisotopic (exact) mass is 492 g/mol. The summed E-state index contributed by atoms with van der Waals surface area (Å²) in [6.45, 7) is 1.75. The number of benzene rings is 2. The lowest BCUT2D eigenvalue weighted by molar-refractivity contribution is 0.399. The van der Waals surface area contributed by atoms with Gasteiger partial charge in [0.1, 0.15) is 0 Å². The lowest BCUT2D eigenvalue weighted by atomic mass is 9.87. The van der Waals surface area contributed by atoms with Crippen molar-refractivity contribution in [3.05, 3.63) is 83.8 Å². The van der Waals surface area contributed by atoms with E-state index in [2.05, 4.69) is 30.4 Å². The summed E-state index contributed by atoms with van der Waals surface area (Å²) < 4.78 is 0.947. The van der Waals surface area contributed by atoms with Crippen LogP contribution in [0.25, 0.3) is 15.8 Å². The van der Waals surface area contributed by atoms with Crippen LogP contribution >= 0.6 is 46.1 Å². The van der Waals surface area contributed by atoms with Crippen molar-refractivity contribution in [3.63, 3.8) is 0 Å². The van der Waals surface area contributed by atoms with Gasteiger partial charge in [-0.3, -0.25) is 4.79 Å². The predicted molar refractivity (Wildman–Crippen MR) is 135 cm³/mol. The first kappa shape index (κ1) is 22.6. The molecule has 1 aliphatic rings. The average Bonchev–Trinajstić information content (AvgIpc) is 2.71. The summed E-state index contributed by atoms with van der Waals surface area (Å²) in [5.74, 6) is 0.0639. The number of allylic oxidation sites excluding steroid dienone is 1. The van der Waals surface area contributed by atoms with Crippen LogP contribution in [-0.2, 0) is 6.42 Å². The highest BCUT2D eigenvalue weighted by Crippen LogP contribution is 2.39. The van der Waals surface area contributed by atoms with Crippen molar-refractivity contribution in [3.8, 4) is 0 Å². The number of nitrogens with one attached hydrogen (secondary N) is 1. The topological polar surface area (TPSA) is 32.3 Å². The largest absolute Gasteiger partial charge is 0.385 e. The summed E-state index contributed by atoms with van der Waals surface area (Å²) in [4.78, 5) is 16.7. The van der Waals surface area contributed by atoms with Gasteiger partial charge in [-0.25, -0.2) is 0 Å². The minimum absolute atomic E-state index is 0.0262. The molecule has 1 unspecified atom stereocenters. The van der Waals surface area contributed by atoms with Crippen LogP contribution in [0.15, 0.2) is 47.3 Å². The summed E-state index contributed by atoms with van der Waals surface area (Å²) in [5, 5.41) is 6.02. The normalized spacial score (nSPS) is 15.8. The van der Waals surface area contributed by atoms with E-state index in [0.29, 0.717) is 20.5 Å². The molecule has 0 radical (unpaired) electrons. The maximum atomic E-state index is 13.4. The maximum Gasteiger partial charge on any atom is 0.197 e. The Hall–Kier alpha value is -1.56. The van der Waals surface area contributed by atoms with Crippen molar-refractivity contribution in [2.24, 2.45) is 0 Å². The van der Waals surface area contributed by atoms with E-state index in [0.717, 1.165) is 52.3 Å². The molecule has 2 aromatic carbocycles. The van der Waals surface area contributed by atoms with E-state index in [9.17, 15) is 4.79 Å². The minimum Gasteiger partial charge on any atom is -0.385 e. The second-order valence-electron chi connectivity index (χ2n) is 8.01. The van der Waals surface area contributed by atoms with Gasteiger partial charge >= 0.3 is 0 Å². The Morgan fingerprint density at radius 1 is 1.10 bits per heavy atom. The quantitative estimate of drug-likeness (QED) is 0.401. The van der Waals surface area contributed by atoms with Crippen LogP contribution in [0.2, 0.25) is 15.1 Å². The van der Waals surface area contributed by atoms with Crippen LogP contribution in [0.3, 0.4) is 0 Å². The van der Waals surface area contributed by atoms with Crippen LogP contribution in [-0.4, -0.2) is 32.1 Å². The van der Waals surface area contributed by atoms with Crippen molar-refractivity contribution < 1.29 is 0 Å². The molecule has 1 heterocycles. The summed E-state index contributed by atoms with van der Waals surface area (Å²) in [6, 6.07) is 11.1. The molecule has 1 atom stereocenters. The summed E-state index contributed by atoms with van der Waals surface area (Å²) >= 11 is 20.5. The molecule has 0 saturated heterocycles. The fourth-order valence-electron chi connectivity index (χ4n) is 3.94. The highest BCUT2D eigenvalue weighted by atomic mass is 35.5. The average molecular weight is 494 g/mol. The van der Waals surface area contributed by atoms with Crippen molar-refractivity contribution in [2.45, 2.75) is 18.8 Å². The third-order valence-electron chi connectivity index (χ3n) is 5.43. The molecule has 0 amide bonds. The van der Waals surface area contributed by atoms with Gasteiger partial charge in [-0.1, -0.05) is 46.9 Å². The highest BCUT2D eigenvalue weighted by molar-refractivity contribution is 7.18. The molecule has 0 saturated carbocycles. The third kappa shape index (κ3) is 4.94. The molecule has 1 aromatic heterocycles. The third-order valence-corrected chi connectivity index (χ3v) is 7.42. The standard InChI is InChI=1S/C24H23Cl3N2OS/c1-29(2)9-3-8-28-20-10-14(17-6-4-16(26)13-19(17)27)11-22-23(20)24(30)18-12-15(25)5-7-21(18)31-22/h4-7,10,12-14,28H,3,8-9,11H2,1-2H3. The van der Waals surface area contributed by atoms with E-state index in [4.69, 9.17) is 34.8 Å². The molecule has 7 heteroatoms. The Balaban J connectivity index is 1.79. The van der Waals surface area contributed by atoms with Crippen LogP contribution in [0.4, 0.5) is 0 Å². The molecule has 1 aliphatic carbocycles. The van der Waals surface area contributed by atoms with Gasteiger partial charge in [0.15, 0.2) is 5.43 Å². The van der Waals surface area contributed by atoms with Crippen molar-refractivity contribution in [2.75, 3.05) is 27.2 Å². The van der Waals surface area contributed by atoms with Crippen LogP contribution < -0.4 is 10.7 Å². The Morgan fingerprint density at radius 2 is 1.84 bits per heavy atom. The highest BCUT2D eigenvalue weighted by Gasteiger charge is 2.26. The number of halogens is 3. The minimum atomic E-state index is 0.0262. The molecule has 3 nitrogen and oxygen atoms in total. The van der Waals surface area contributed by atoms with Crippen LogP contribution in [0, 0.1) is 0 Å². The molecule has 0 spiro atoms. The Morgan fingerprint density at radius 3 is 2.58 bits per heavy atom. The van der Waals surface area contributed by atoms with Gasteiger partial charge in [0.2, 0.25) is 0 Å². The van der Waals surface area contributed by atoms with E-state index in [1.54, 1.807) is 23.5 Å². The molecule has 4 rings (SSSR count). The molecule has 3 aromatic rings. The number of hydrogen-bond acceptors (Lipinski definition) is 4. The van der Waals surface area contributed by atoms with Crippen molar-refractivity contribution >= 4 is 61.9 Å². The first-order valence-electron chi connectivity index (χ1n) is 10.1. The SMILES string of the molecule is CN(C)CCCNC1=CC(c2ccc(Cl)cc2Cl)Cc2sc3ccc(Cl)cc3c(=O)c21. The number of fused-ring (bicyclic) bond motifs is 2. The van der Waals surface area contributed by atoms with Crippen LogP contribution in [0.1, 0.15) is 28.3 Å². The fourth-order valence-corrected chi connectivity index (χ4v) is 5.89. The van der Waals surface area contributed by atoms with Gasteiger partial charge < -0.3 is 10.2 Å². The van der Waals surface area contributed by atoms with Crippen molar-refractivity contribution in [1.29, 1.82) is 0 Å². The van der Waals surface area contributed by atoms with E-state index in [1.165, 1.54) is 0 Å². The first-order valence-corrected chi connectivity index (χ1v) is 12.1. The molecule has 0 aliphatic heterocycles. The zero-order valence-corrected chi connectivity index (χ0v) is 20.4. The molecule has 31 heavy (non-hydrogen) atoms. The smallest absolute Gasteiger partial charge is 0.197 e. The Labute approximate surface area is 201 Å². The molecule has 0 fully saturated rings. The van der Waals surface area contributed by atoms with Gasteiger partial charge in [0.25, 0.3) is 0 Å². The zero-order valence-electron chi connectivity index (χ0n) is 17.3. The Kier molecular flexibility index (Phi) is 6.95. The second-order valence-corrected chi connectivity index (χ2v) is 10.4. The van der Waals surface area contributed by atoms with Crippen molar-refractivity contribution in [1.82, 2.24) is 10.2 Å². The summed E-state index contributed by atoms with van der Waals surface area (Å²) in [6.07, 6.45) is 3.83. The summed E-state index contributed by atoms with van der Waals surface area (Å²) in [7, 11) is 4.11. The zero-order chi connectivity index (χ0) is 22.1. The number of hydrogen-bond donors (Lipinski definition) is 1. The first-order chi connectivity index (χ1) is 14.8. The van der Waals surface area contributed by atoms with E-state index in [-0.39, 0.29) is 11.3 Å². The van der Waals surface area contributed by atoms with E-state index >= 15 is 0 Å². The van der Waals surface area contributed by atoms with E-state index < -0.39 is 0 Å². The van der Waals surface area contributed by atoms with Gasteiger partial charge in [-0.15, -0.1) is 11.3 Å². The molecular formula is C24H23Cl3N2OS. The van der Waals surface area contributed by atoms with Crippen LogP contribution in [0.5, 0.6) is 0 Å². The van der Waals surface area contributed by atoms with Gasteiger partial charge in [-0.05, 0) is 69.4 Å².